The lowest BCUT2D eigenvalue weighted by Crippen LogP contribution is -2.13. The molecule has 0 saturated heterocycles. The van der Waals surface area contributed by atoms with Gasteiger partial charge >= 0.3 is 5.97 Å². The van der Waals surface area contributed by atoms with Gasteiger partial charge in [0.2, 0.25) is 0 Å². The molecule has 10 heteroatoms. The summed E-state index contributed by atoms with van der Waals surface area (Å²) in [7, 11) is 1.50. The predicted molar refractivity (Wildman–Crippen MR) is 93.9 cm³/mol. The van der Waals surface area contributed by atoms with Crippen LogP contribution in [0, 0.1) is 5.82 Å². The lowest BCUT2D eigenvalue weighted by atomic mass is 10.1. The summed E-state index contributed by atoms with van der Waals surface area (Å²) in [4.78, 5) is 27.6. The normalized spacial score (nSPS) is 11.0. The molecule has 0 unspecified atom stereocenters. The maximum atomic E-state index is 14.1. The molecule has 0 aliphatic rings. The summed E-state index contributed by atoms with van der Waals surface area (Å²) in [5.74, 6) is -1.90. The van der Waals surface area contributed by atoms with Gasteiger partial charge < -0.3 is 15.0 Å². The van der Waals surface area contributed by atoms with Crippen LogP contribution >= 0.6 is 0 Å². The van der Waals surface area contributed by atoms with Crippen molar-refractivity contribution >= 4 is 17.7 Å². The molecule has 0 atom stereocenters. The minimum absolute atomic E-state index is 0.0453. The number of carbonyl (C=O) groups excluding carboxylic acids is 1. The van der Waals surface area contributed by atoms with Crippen molar-refractivity contribution in [3.63, 3.8) is 0 Å². The van der Waals surface area contributed by atoms with Gasteiger partial charge in [-0.1, -0.05) is 5.21 Å². The number of hydrogen-bond donors (Lipinski definition) is 2. The van der Waals surface area contributed by atoms with E-state index < -0.39 is 17.7 Å². The van der Waals surface area contributed by atoms with Gasteiger partial charge in [-0.2, -0.15) is 0 Å². The van der Waals surface area contributed by atoms with Crippen LogP contribution in [0.2, 0.25) is 0 Å². The Hall–Kier alpha value is -3.56. The molecule has 1 aromatic carbocycles. The molecule has 0 fully saturated rings. The number of rotatable bonds is 5. The fourth-order valence-electron chi connectivity index (χ4n) is 2.50. The zero-order valence-electron chi connectivity index (χ0n) is 14.8. The van der Waals surface area contributed by atoms with E-state index in [4.69, 9.17) is 5.11 Å². The van der Waals surface area contributed by atoms with Crippen LogP contribution in [0.3, 0.4) is 0 Å². The number of halogens is 1. The molecule has 0 radical (unpaired) electrons. The number of amides is 1. The van der Waals surface area contributed by atoms with Gasteiger partial charge in [0, 0.05) is 24.2 Å². The average Bonchev–Trinajstić information content (AvgIpc) is 3.21. The number of hydrogen-bond acceptors (Lipinski definition) is 5. The molecule has 3 aromatic rings. The summed E-state index contributed by atoms with van der Waals surface area (Å²) in [6, 6.07) is 3.77. The van der Waals surface area contributed by atoms with Crippen molar-refractivity contribution in [2.75, 3.05) is 5.32 Å². The summed E-state index contributed by atoms with van der Waals surface area (Å²) in [5.41, 5.74) is 0.274. The van der Waals surface area contributed by atoms with E-state index >= 15 is 0 Å². The molecule has 0 saturated carbocycles. The van der Waals surface area contributed by atoms with Crippen LogP contribution in [0.4, 0.5) is 10.2 Å². The molecule has 2 N–H and O–H groups in total. The third-order valence-electron chi connectivity index (χ3n) is 3.91. The molecule has 0 spiro atoms. The predicted octanol–water partition coefficient (Wildman–Crippen LogP) is 2.35. The highest BCUT2D eigenvalue weighted by Gasteiger charge is 2.17. The van der Waals surface area contributed by atoms with E-state index in [1.807, 2.05) is 13.8 Å². The standard InChI is InChI=1S/C17H17FN6O3/c1-9(2)24-8-14(21-22-24)20-16(25)11-4-10(5-12(18)6-11)15-19-7-13(17(26)27)23(15)3/h4-9H,1-3H3,(H,20,25)(H,26,27). The molecule has 2 aromatic heterocycles. The first-order valence-corrected chi connectivity index (χ1v) is 8.05. The van der Waals surface area contributed by atoms with Crippen LogP contribution in [0.25, 0.3) is 11.4 Å². The van der Waals surface area contributed by atoms with Gasteiger partial charge in [-0.05, 0) is 32.0 Å². The SMILES string of the molecule is CC(C)n1cc(NC(=O)c2cc(F)cc(-c3ncc(C(=O)O)n3C)c2)nn1. The van der Waals surface area contributed by atoms with Crippen LogP contribution in [0.15, 0.2) is 30.6 Å². The number of aromatic carboxylic acids is 1. The number of anilines is 1. The number of carboxylic acid groups (broad SMARTS) is 1. The van der Waals surface area contributed by atoms with Crippen molar-refractivity contribution in [3.05, 3.63) is 47.7 Å². The number of nitrogens with one attached hydrogen (secondary N) is 1. The van der Waals surface area contributed by atoms with E-state index in [-0.39, 0.29) is 34.5 Å². The van der Waals surface area contributed by atoms with E-state index in [2.05, 4.69) is 20.6 Å². The van der Waals surface area contributed by atoms with Gasteiger partial charge in [-0.3, -0.25) is 4.79 Å². The van der Waals surface area contributed by atoms with E-state index in [1.54, 1.807) is 10.9 Å². The number of benzene rings is 1. The number of imidazole rings is 1. The van der Waals surface area contributed by atoms with Crippen LogP contribution in [-0.2, 0) is 7.05 Å². The topological polar surface area (TPSA) is 115 Å². The van der Waals surface area contributed by atoms with E-state index in [1.165, 1.54) is 29.9 Å². The Kier molecular flexibility index (Phi) is 4.72. The van der Waals surface area contributed by atoms with Crippen molar-refractivity contribution in [3.8, 4) is 11.4 Å². The smallest absolute Gasteiger partial charge is 0.354 e. The number of carbonyl (C=O) groups is 2. The maximum absolute atomic E-state index is 14.1. The highest BCUT2D eigenvalue weighted by molar-refractivity contribution is 6.04. The minimum atomic E-state index is -1.15. The molecule has 0 aliphatic carbocycles. The fourth-order valence-corrected chi connectivity index (χ4v) is 2.50. The Labute approximate surface area is 153 Å². The van der Waals surface area contributed by atoms with E-state index in [9.17, 15) is 14.0 Å². The lowest BCUT2D eigenvalue weighted by Gasteiger charge is -2.07. The zero-order valence-corrected chi connectivity index (χ0v) is 14.8. The Morgan fingerprint density at radius 1 is 1.26 bits per heavy atom. The second kappa shape index (κ2) is 6.98. The van der Waals surface area contributed by atoms with Crippen LogP contribution in [-0.4, -0.2) is 41.5 Å². The van der Waals surface area contributed by atoms with Crippen molar-refractivity contribution in [1.29, 1.82) is 0 Å². The molecule has 9 nitrogen and oxygen atoms in total. The van der Waals surface area contributed by atoms with Crippen molar-refractivity contribution < 1.29 is 19.1 Å². The average molecular weight is 372 g/mol. The first kappa shape index (κ1) is 18.2. The highest BCUT2D eigenvalue weighted by Crippen LogP contribution is 2.22. The van der Waals surface area contributed by atoms with Gasteiger partial charge in [0.1, 0.15) is 17.3 Å². The molecule has 3 rings (SSSR count). The molecule has 27 heavy (non-hydrogen) atoms. The number of nitrogens with zero attached hydrogens (tertiary/aromatic N) is 5. The van der Waals surface area contributed by atoms with Crippen molar-refractivity contribution in [1.82, 2.24) is 24.5 Å². The van der Waals surface area contributed by atoms with Gasteiger partial charge in [0.05, 0.1) is 12.4 Å². The summed E-state index contributed by atoms with van der Waals surface area (Å²) < 4.78 is 16.9. The van der Waals surface area contributed by atoms with Crippen LogP contribution in [0.5, 0.6) is 0 Å². The number of carboxylic acids is 1. The largest absolute Gasteiger partial charge is 0.477 e. The third-order valence-corrected chi connectivity index (χ3v) is 3.91. The maximum Gasteiger partial charge on any atom is 0.354 e. The quantitative estimate of drug-likeness (QED) is 0.710. The molecule has 0 aliphatic heterocycles. The molecule has 1 amide bonds. The van der Waals surface area contributed by atoms with Crippen LogP contribution < -0.4 is 5.32 Å². The van der Waals surface area contributed by atoms with Crippen molar-refractivity contribution in [2.45, 2.75) is 19.9 Å². The number of aromatic nitrogens is 5. The van der Waals surface area contributed by atoms with Gasteiger partial charge in [0.15, 0.2) is 5.82 Å². The third kappa shape index (κ3) is 3.68. The van der Waals surface area contributed by atoms with Gasteiger partial charge in [-0.25, -0.2) is 18.9 Å². The highest BCUT2D eigenvalue weighted by atomic mass is 19.1. The minimum Gasteiger partial charge on any atom is -0.477 e. The first-order valence-electron chi connectivity index (χ1n) is 8.05. The lowest BCUT2D eigenvalue weighted by molar-refractivity contribution is 0.0686. The Morgan fingerprint density at radius 3 is 2.59 bits per heavy atom. The summed E-state index contributed by atoms with van der Waals surface area (Å²) in [5, 5.41) is 19.4. The van der Waals surface area contributed by atoms with Gasteiger partial charge in [0.25, 0.3) is 5.91 Å². The molecule has 0 bridgehead atoms. The summed E-state index contributed by atoms with van der Waals surface area (Å²) >= 11 is 0. The molecular weight excluding hydrogens is 355 g/mol. The van der Waals surface area contributed by atoms with E-state index in [0.29, 0.717) is 0 Å². The Morgan fingerprint density at radius 2 is 2.00 bits per heavy atom. The second-order valence-electron chi connectivity index (χ2n) is 6.19. The van der Waals surface area contributed by atoms with Gasteiger partial charge in [-0.15, -0.1) is 5.10 Å². The monoisotopic (exact) mass is 372 g/mol. The first-order chi connectivity index (χ1) is 12.8. The molecule has 2 heterocycles. The van der Waals surface area contributed by atoms with Crippen molar-refractivity contribution in [2.24, 2.45) is 7.05 Å². The molecular formula is C17H17FN6O3. The molecule has 140 valence electrons. The fraction of sp³-hybridized carbons (Fsp3) is 0.235. The van der Waals surface area contributed by atoms with E-state index in [0.717, 1.165) is 6.07 Å². The Balaban J connectivity index is 1.90. The summed E-state index contributed by atoms with van der Waals surface area (Å²) in [6.07, 6.45) is 2.74. The summed E-state index contributed by atoms with van der Waals surface area (Å²) in [6.45, 7) is 3.83. The second-order valence-corrected chi connectivity index (χ2v) is 6.19. The van der Waals surface area contributed by atoms with Crippen LogP contribution in [0.1, 0.15) is 40.7 Å². The zero-order chi connectivity index (χ0) is 19.7. The Bertz CT molecular complexity index is 1020.